The quantitative estimate of drug-likeness (QED) is 0.856. The number of amides is 2. The molecule has 0 saturated carbocycles. The van der Waals surface area contributed by atoms with Crippen molar-refractivity contribution >= 4 is 11.8 Å². The van der Waals surface area contributed by atoms with Gasteiger partial charge in [0, 0.05) is 18.0 Å². The van der Waals surface area contributed by atoms with Gasteiger partial charge in [-0.1, -0.05) is 48.0 Å². The molecule has 24 heavy (non-hydrogen) atoms. The lowest BCUT2D eigenvalue weighted by molar-refractivity contribution is -0.122. The van der Waals surface area contributed by atoms with E-state index in [1.165, 1.54) is 5.56 Å². The molecule has 0 fully saturated rings. The third-order valence-electron chi connectivity index (χ3n) is 3.86. The maximum absolute atomic E-state index is 12.2. The molecule has 2 amide bonds. The number of hydrogen-bond acceptors (Lipinski definition) is 2. The molecule has 0 aliphatic heterocycles. The number of aryl methyl sites for hydroxylation is 1. The van der Waals surface area contributed by atoms with Crippen LogP contribution >= 0.6 is 0 Å². The molecule has 2 rings (SSSR count). The maximum Gasteiger partial charge on any atom is 0.251 e. The van der Waals surface area contributed by atoms with E-state index in [2.05, 4.69) is 10.6 Å². The second-order valence-electron chi connectivity index (χ2n) is 6.14. The fourth-order valence-corrected chi connectivity index (χ4v) is 2.46. The Bertz CT molecular complexity index is 681. The largest absolute Gasteiger partial charge is 0.350 e. The van der Waals surface area contributed by atoms with E-state index in [-0.39, 0.29) is 30.3 Å². The first-order chi connectivity index (χ1) is 11.5. The molecule has 2 atom stereocenters. The fourth-order valence-electron chi connectivity index (χ4n) is 2.46. The average Bonchev–Trinajstić information content (AvgIpc) is 2.55. The third kappa shape index (κ3) is 5.23. The average molecular weight is 324 g/mol. The molecule has 0 aromatic heterocycles. The van der Waals surface area contributed by atoms with Gasteiger partial charge in [0.1, 0.15) is 0 Å². The number of carbonyl (C=O) groups is 2. The van der Waals surface area contributed by atoms with Gasteiger partial charge in [-0.15, -0.1) is 0 Å². The van der Waals surface area contributed by atoms with Crippen LogP contribution in [0.1, 0.15) is 47.8 Å². The first-order valence-corrected chi connectivity index (χ1v) is 8.17. The van der Waals surface area contributed by atoms with Crippen LogP contribution in [0.15, 0.2) is 54.6 Å². The molecule has 0 bridgehead atoms. The summed E-state index contributed by atoms with van der Waals surface area (Å²) in [6.07, 6.45) is 0.245. The summed E-state index contributed by atoms with van der Waals surface area (Å²) >= 11 is 0. The second kappa shape index (κ2) is 8.29. The number of carbonyl (C=O) groups excluding carboxylic acids is 2. The molecule has 0 radical (unpaired) electrons. The third-order valence-corrected chi connectivity index (χ3v) is 3.86. The molecule has 2 aromatic carbocycles. The maximum atomic E-state index is 12.2. The predicted molar refractivity (Wildman–Crippen MR) is 95.7 cm³/mol. The molecule has 2 aromatic rings. The summed E-state index contributed by atoms with van der Waals surface area (Å²) in [7, 11) is 0. The lowest BCUT2D eigenvalue weighted by Crippen LogP contribution is -2.37. The van der Waals surface area contributed by atoms with Crippen LogP contribution in [0.5, 0.6) is 0 Å². The van der Waals surface area contributed by atoms with Gasteiger partial charge in [0.05, 0.1) is 6.04 Å². The van der Waals surface area contributed by atoms with Crippen LogP contribution < -0.4 is 10.6 Å². The topological polar surface area (TPSA) is 58.2 Å². The van der Waals surface area contributed by atoms with Gasteiger partial charge in [-0.25, -0.2) is 0 Å². The Morgan fingerprint density at radius 3 is 2.17 bits per heavy atom. The van der Waals surface area contributed by atoms with E-state index in [0.717, 1.165) is 5.56 Å². The van der Waals surface area contributed by atoms with Crippen molar-refractivity contribution in [3.63, 3.8) is 0 Å². The zero-order chi connectivity index (χ0) is 17.5. The SMILES string of the molecule is Cc1ccc(C(C)NC(=O)CC(C)NC(=O)c2ccccc2)cc1. The lowest BCUT2D eigenvalue weighted by Gasteiger charge is -2.18. The Morgan fingerprint density at radius 1 is 0.917 bits per heavy atom. The normalized spacial score (nSPS) is 13.0. The van der Waals surface area contributed by atoms with E-state index in [0.29, 0.717) is 5.56 Å². The highest BCUT2D eigenvalue weighted by atomic mass is 16.2. The van der Waals surface area contributed by atoms with Gasteiger partial charge in [0.25, 0.3) is 5.91 Å². The van der Waals surface area contributed by atoms with Crippen LogP contribution in [0.2, 0.25) is 0 Å². The molecule has 4 heteroatoms. The molecule has 0 spiro atoms. The highest BCUT2D eigenvalue weighted by molar-refractivity contribution is 5.94. The van der Waals surface area contributed by atoms with Crippen molar-refractivity contribution in [3.8, 4) is 0 Å². The molecule has 2 unspecified atom stereocenters. The van der Waals surface area contributed by atoms with E-state index in [4.69, 9.17) is 0 Å². The molecule has 0 saturated heterocycles. The Morgan fingerprint density at radius 2 is 1.54 bits per heavy atom. The molecule has 126 valence electrons. The zero-order valence-corrected chi connectivity index (χ0v) is 14.4. The highest BCUT2D eigenvalue weighted by Crippen LogP contribution is 2.13. The van der Waals surface area contributed by atoms with Crippen molar-refractivity contribution in [3.05, 3.63) is 71.3 Å². The molecule has 0 aliphatic rings. The molecular formula is C20H24N2O2. The van der Waals surface area contributed by atoms with Crippen molar-refractivity contribution in [2.24, 2.45) is 0 Å². The molecule has 0 heterocycles. The van der Waals surface area contributed by atoms with Gasteiger partial charge < -0.3 is 10.6 Å². The lowest BCUT2D eigenvalue weighted by atomic mass is 10.1. The van der Waals surface area contributed by atoms with Gasteiger partial charge in [-0.3, -0.25) is 9.59 Å². The number of hydrogen-bond donors (Lipinski definition) is 2. The molecular weight excluding hydrogens is 300 g/mol. The van der Waals surface area contributed by atoms with Crippen molar-refractivity contribution in [2.75, 3.05) is 0 Å². The Balaban J connectivity index is 1.83. The van der Waals surface area contributed by atoms with Crippen molar-refractivity contribution in [1.29, 1.82) is 0 Å². The summed E-state index contributed by atoms with van der Waals surface area (Å²) < 4.78 is 0. The summed E-state index contributed by atoms with van der Waals surface area (Å²) in [5, 5.41) is 5.82. The fraction of sp³-hybridized carbons (Fsp3) is 0.300. The van der Waals surface area contributed by atoms with Crippen LogP contribution in [0.4, 0.5) is 0 Å². The summed E-state index contributed by atoms with van der Waals surface area (Å²) in [5.41, 5.74) is 2.85. The van der Waals surface area contributed by atoms with Crippen LogP contribution in [-0.4, -0.2) is 17.9 Å². The van der Waals surface area contributed by atoms with Gasteiger partial charge >= 0.3 is 0 Å². The van der Waals surface area contributed by atoms with Gasteiger partial charge in [-0.2, -0.15) is 0 Å². The summed E-state index contributed by atoms with van der Waals surface area (Å²) in [5.74, 6) is -0.244. The Hall–Kier alpha value is -2.62. The summed E-state index contributed by atoms with van der Waals surface area (Å²) in [4.78, 5) is 24.2. The number of benzene rings is 2. The molecule has 0 aliphatic carbocycles. The highest BCUT2D eigenvalue weighted by Gasteiger charge is 2.15. The van der Waals surface area contributed by atoms with E-state index >= 15 is 0 Å². The number of nitrogens with one attached hydrogen (secondary N) is 2. The standard InChI is InChI=1S/C20H24N2O2/c1-14-9-11-17(12-10-14)16(3)22-19(23)13-15(2)21-20(24)18-7-5-4-6-8-18/h4-12,15-16H,13H2,1-3H3,(H,21,24)(H,22,23). The minimum Gasteiger partial charge on any atom is -0.350 e. The Labute approximate surface area is 143 Å². The minimum absolute atomic E-state index is 0.0601. The van der Waals surface area contributed by atoms with Crippen LogP contribution in [0.25, 0.3) is 0 Å². The monoisotopic (exact) mass is 324 g/mol. The molecule has 4 nitrogen and oxygen atoms in total. The van der Waals surface area contributed by atoms with E-state index in [1.54, 1.807) is 12.1 Å². The van der Waals surface area contributed by atoms with E-state index in [9.17, 15) is 9.59 Å². The summed E-state index contributed by atoms with van der Waals surface area (Å²) in [6, 6.07) is 16.8. The van der Waals surface area contributed by atoms with Gasteiger partial charge in [-0.05, 0) is 38.5 Å². The first kappa shape index (κ1) is 17.7. The van der Waals surface area contributed by atoms with Crippen LogP contribution in [0, 0.1) is 6.92 Å². The first-order valence-electron chi connectivity index (χ1n) is 8.17. The smallest absolute Gasteiger partial charge is 0.251 e. The van der Waals surface area contributed by atoms with Gasteiger partial charge in [0.2, 0.25) is 5.91 Å². The van der Waals surface area contributed by atoms with Crippen LogP contribution in [-0.2, 0) is 4.79 Å². The summed E-state index contributed by atoms with van der Waals surface area (Å²) in [6.45, 7) is 5.82. The van der Waals surface area contributed by atoms with Crippen molar-refractivity contribution < 1.29 is 9.59 Å². The van der Waals surface area contributed by atoms with Crippen LogP contribution in [0.3, 0.4) is 0 Å². The predicted octanol–water partition coefficient (Wildman–Crippen LogP) is 3.38. The van der Waals surface area contributed by atoms with Gasteiger partial charge in [0.15, 0.2) is 0 Å². The van der Waals surface area contributed by atoms with E-state index < -0.39 is 0 Å². The second-order valence-corrected chi connectivity index (χ2v) is 6.14. The Kier molecular flexibility index (Phi) is 6.13. The van der Waals surface area contributed by atoms with E-state index in [1.807, 2.05) is 63.2 Å². The minimum atomic E-state index is -0.233. The zero-order valence-electron chi connectivity index (χ0n) is 14.4. The number of rotatable bonds is 6. The van der Waals surface area contributed by atoms with Crippen molar-refractivity contribution in [2.45, 2.75) is 39.3 Å². The van der Waals surface area contributed by atoms with Crippen molar-refractivity contribution in [1.82, 2.24) is 10.6 Å². The molecule has 2 N–H and O–H groups in total.